The van der Waals surface area contributed by atoms with E-state index >= 15 is 0 Å². The van der Waals surface area contributed by atoms with Crippen LogP contribution in [0.1, 0.15) is 0 Å². The number of halogens is 13. The van der Waals surface area contributed by atoms with E-state index in [9.17, 15) is 5.11 Å². The lowest BCUT2D eigenvalue weighted by Crippen LogP contribution is -2.69. The lowest BCUT2D eigenvalue weighted by atomic mass is 9.87. The molecule has 0 atom stereocenters. The van der Waals surface area contributed by atoms with Gasteiger partial charge in [0.2, 0.25) is 15.9 Å². The van der Waals surface area contributed by atoms with Crippen LogP contribution < -0.4 is 0 Å². The molecule has 0 unspecified atom stereocenters. The van der Waals surface area contributed by atoms with Gasteiger partial charge in [0, 0.05) is 0 Å². The molecule has 1 N–H and O–H groups in total. The largest absolute Gasteiger partial charge is 0.360 e. The molecule has 0 aliphatic rings. The summed E-state index contributed by atoms with van der Waals surface area (Å²) in [5, 5.41) is 9.71. The molecule has 0 fully saturated rings. The normalized spacial score (nSPS) is 16.5. The van der Waals surface area contributed by atoms with Crippen LogP contribution >= 0.6 is 151 Å². The highest BCUT2D eigenvalue weighted by molar-refractivity contribution is 6.80. The Morgan fingerprint density at radius 2 is 0.650 bits per heavy atom. The van der Waals surface area contributed by atoms with Gasteiger partial charge in [0.1, 0.15) is 5.41 Å². The monoisotopic (exact) mass is 544 g/mol. The van der Waals surface area contributed by atoms with Crippen LogP contribution in [0.3, 0.4) is 0 Å². The molecule has 0 saturated carbocycles. The second kappa shape index (κ2) is 6.80. The van der Waals surface area contributed by atoms with E-state index in [1.54, 1.807) is 0 Å². The van der Waals surface area contributed by atoms with Crippen molar-refractivity contribution in [2.45, 2.75) is 20.2 Å². The Kier molecular flexibility index (Phi) is 8.07. The first-order valence-electron chi connectivity index (χ1n) is 3.93. The van der Waals surface area contributed by atoms with Gasteiger partial charge >= 0.3 is 0 Å². The molecule has 20 heavy (non-hydrogen) atoms. The van der Waals surface area contributed by atoms with Crippen LogP contribution in [0.2, 0.25) is 0 Å². The third-order valence-corrected chi connectivity index (χ3v) is 6.74. The molecule has 0 aromatic carbocycles. The van der Waals surface area contributed by atoms with Gasteiger partial charge in [-0.1, -0.05) is 151 Å². The van der Waals surface area contributed by atoms with Crippen molar-refractivity contribution in [3.63, 3.8) is 0 Å². The Bertz CT molecular complexity index is 315. The molecule has 0 aliphatic carbocycles. The third-order valence-electron chi connectivity index (χ3n) is 2.12. The Morgan fingerprint density at radius 3 is 0.700 bits per heavy atom. The molecule has 14 heteroatoms. The van der Waals surface area contributed by atoms with Crippen molar-refractivity contribution in [1.82, 2.24) is 0 Å². The van der Waals surface area contributed by atoms with Gasteiger partial charge in [-0.2, -0.15) is 0 Å². The summed E-state index contributed by atoms with van der Waals surface area (Å²) in [5.74, 6) is 0. The minimum atomic E-state index is -3.03. The molecule has 0 bridgehead atoms. The van der Waals surface area contributed by atoms with Crippen LogP contribution in [-0.2, 0) is 0 Å². The van der Waals surface area contributed by atoms with Gasteiger partial charge in [-0.3, -0.25) is 0 Å². The summed E-state index contributed by atoms with van der Waals surface area (Å²) in [6, 6.07) is 0. The number of rotatable bonds is 2. The first-order valence-corrected chi connectivity index (χ1v) is 8.84. The van der Waals surface area contributed by atoms with Crippen molar-refractivity contribution < 1.29 is 5.11 Å². The summed E-state index contributed by atoms with van der Waals surface area (Å²) in [6.45, 7) is 0. The van der Waals surface area contributed by atoms with Crippen molar-refractivity contribution in [3.8, 4) is 0 Å². The minimum Gasteiger partial charge on any atom is -0.360 e. The lowest BCUT2D eigenvalue weighted by molar-refractivity contribution is 0.112. The van der Waals surface area contributed by atoms with E-state index in [-0.39, 0.29) is 0 Å². The quantitative estimate of drug-likeness (QED) is 0.356. The standard InChI is InChI=1S/C6HCl13O/c7-2(8,6(18,19)20)1(3(9,10)11,4(12,13)14)5(15,16)17/h20H. The molecule has 122 valence electrons. The average molecular weight is 550 g/mol. The number of hydrogen-bond acceptors (Lipinski definition) is 1. The van der Waals surface area contributed by atoms with Crippen LogP contribution in [0, 0.1) is 5.41 Å². The number of aliphatic hydroxyl groups is 1. The van der Waals surface area contributed by atoms with E-state index in [0.717, 1.165) is 0 Å². The molecule has 0 amide bonds. The first kappa shape index (κ1) is 23.7. The summed E-state index contributed by atoms with van der Waals surface area (Å²) < 4.78 is -14.2. The van der Waals surface area contributed by atoms with E-state index in [2.05, 4.69) is 0 Å². The van der Waals surface area contributed by atoms with Gasteiger partial charge in [0.15, 0.2) is 4.33 Å². The maximum absolute atomic E-state index is 9.71. The van der Waals surface area contributed by atoms with Gasteiger partial charge in [0.05, 0.1) is 0 Å². The molecule has 0 radical (unpaired) electrons. The lowest BCUT2D eigenvalue weighted by Gasteiger charge is -2.56. The summed E-state index contributed by atoms with van der Waals surface area (Å²) >= 11 is 74.4. The summed E-state index contributed by atoms with van der Waals surface area (Å²) in [4.78, 5) is 0. The molecule has 0 rings (SSSR count). The highest BCUT2D eigenvalue weighted by Gasteiger charge is 2.83. The molecule has 0 aromatic heterocycles. The van der Waals surface area contributed by atoms with Crippen LogP contribution in [-0.4, -0.2) is 25.3 Å². The predicted molar refractivity (Wildman–Crippen MR) is 94.4 cm³/mol. The summed E-state index contributed by atoms with van der Waals surface area (Å²) in [6.07, 6.45) is 0. The van der Waals surface area contributed by atoms with E-state index in [4.69, 9.17) is 151 Å². The minimum absolute atomic E-state index is 2.75. The Balaban J connectivity index is 6.83. The smallest absolute Gasteiger partial charge is 0.249 e. The first-order chi connectivity index (χ1) is 8.25. The van der Waals surface area contributed by atoms with Gasteiger partial charge in [-0.25, -0.2) is 0 Å². The topological polar surface area (TPSA) is 20.2 Å². The van der Waals surface area contributed by atoms with Crippen molar-refractivity contribution in [2.75, 3.05) is 0 Å². The highest BCUT2D eigenvalue weighted by atomic mass is 35.6. The summed E-state index contributed by atoms with van der Waals surface area (Å²) in [5.41, 5.74) is -2.90. The van der Waals surface area contributed by atoms with E-state index in [0.29, 0.717) is 0 Å². The van der Waals surface area contributed by atoms with Crippen LogP contribution in [0.5, 0.6) is 0 Å². The fraction of sp³-hybridized carbons (Fsp3) is 1.00. The summed E-state index contributed by atoms with van der Waals surface area (Å²) in [7, 11) is 0. The molecule has 1 nitrogen and oxygen atoms in total. The SMILES string of the molecule is OC(Cl)(Cl)C(Cl)(Cl)C(C(Cl)(Cl)Cl)(C(Cl)(Cl)Cl)C(Cl)(Cl)Cl. The van der Waals surface area contributed by atoms with E-state index in [1.807, 2.05) is 0 Å². The number of alkyl halides is 13. The van der Waals surface area contributed by atoms with E-state index < -0.39 is 25.6 Å². The average Bonchev–Trinajstić information content (AvgIpc) is 1.89. The molecule has 0 spiro atoms. The zero-order valence-electron chi connectivity index (χ0n) is 8.36. The molecule has 0 aliphatic heterocycles. The molecule has 0 heterocycles. The fourth-order valence-electron chi connectivity index (χ4n) is 1.24. The van der Waals surface area contributed by atoms with Crippen LogP contribution in [0.4, 0.5) is 0 Å². The van der Waals surface area contributed by atoms with Crippen LogP contribution in [0.15, 0.2) is 0 Å². The van der Waals surface area contributed by atoms with Gasteiger partial charge in [0.25, 0.3) is 0 Å². The van der Waals surface area contributed by atoms with Crippen molar-refractivity contribution in [1.29, 1.82) is 0 Å². The maximum atomic E-state index is 9.71. The van der Waals surface area contributed by atoms with Crippen molar-refractivity contribution in [2.24, 2.45) is 5.41 Å². The Labute approximate surface area is 179 Å². The van der Waals surface area contributed by atoms with Crippen LogP contribution in [0.25, 0.3) is 0 Å². The van der Waals surface area contributed by atoms with Gasteiger partial charge in [-0.05, 0) is 0 Å². The zero-order valence-corrected chi connectivity index (χ0v) is 18.2. The molecular formula is C6HCl13O. The number of hydrogen-bond donors (Lipinski definition) is 1. The Hall–Kier alpha value is 3.73. The third kappa shape index (κ3) is 3.93. The molecular weight excluding hydrogens is 549 g/mol. The fourth-order valence-corrected chi connectivity index (χ4v) is 8.38. The molecule has 0 saturated heterocycles. The van der Waals surface area contributed by atoms with Crippen molar-refractivity contribution in [3.05, 3.63) is 0 Å². The van der Waals surface area contributed by atoms with Crippen molar-refractivity contribution >= 4 is 151 Å². The second-order valence-corrected chi connectivity index (χ2v) is 12.8. The Morgan fingerprint density at radius 1 is 0.450 bits per heavy atom. The van der Waals surface area contributed by atoms with Gasteiger partial charge in [-0.15, -0.1) is 0 Å². The van der Waals surface area contributed by atoms with Gasteiger partial charge < -0.3 is 5.11 Å². The second-order valence-electron chi connectivity index (χ2n) is 3.36. The van der Waals surface area contributed by atoms with E-state index in [1.165, 1.54) is 0 Å². The zero-order chi connectivity index (χ0) is 17.0. The predicted octanol–water partition coefficient (Wildman–Crippen LogP) is 7.38. The molecule has 0 aromatic rings. The highest BCUT2D eigenvalue weighted by Crippen LogP contribution is 2.76. The maximum Gasteiger partial charge on any atom is 0.249 e.